The number of ether oxygens (including phenoxy) is 1. The van der Waals surface area contributed by atoms with Gasteiger partial charge in [-0.25, -0.2) is 4.72 Å². The van der Waals surface area contributed by atoms with Crippen molar-refractivity contribution in [3.63, 3.8) is 0 Å². The van der Waals surface area contributed by atoms with Crippen molar-refractivity contribution < 1.29 is 27.9 Å². The lowest BCUT2D eigenvalue weighted by Crippen LogP contribution is -2.39. The third kappa shape index (κ3) is 4.12. The Hall–Kier alpha value is -3.37. The lowest BCUT2D eigenvalue weighted by molar-refractivity contribution is -0.142. The van der Waals surface area contributed by atoms with Gasteiger partial charge in [0.15, 0.2) is 0 Å². The number of rotatable bonds is 6. The number of amides is 1. The Labute approximate surface area is 228 Å². The van der Waals surface area contributed by atoms with Gasteiger partial charge in [0.1, 0.15) is 5.75 Å². The molecule has 1 aromatic carbocycles. The number of nitrogens with one attached hydrogen (secondary N) is 1. The molecule has 0 radical (unpaired) electrons. The van der Waals surface area contributed by atoms with Crippen molar-refractivity contribution in [2.45, 2.75) is 56.9 Å². The van der Waals surface area contributed by atoms with E-state index in [0.29, 0.717) is 30.0 Å². The smallest absolute Gasteiger partial charge is 0.307 e. The Balaban J connectivity index is 1.57. The van der Waals surface area contributed by atoms with Crippen LogP contribution in [0.15, 0.2) is 52.6 Å². The lowest BCUT2D eigenvalue weighted by Gasteiger charge is -2.29. The first-order chi connectivity index (χ1) is 18.6. The van der Waals surface area contributed by atoms with E-state index in [1.165, 1.54) is 38.9 Å². The third-order valence-corrected chi connectivity index (χ3v) is 10.1. The number of aliphatic carboxylic acids is 1. The molecule has 2 heterocycles. The van der Waals surface area contributed by atoms with E-state index in [9.17, 15) is 23.1 Å². The van der Waals surface area contributed by atoms with Gasteiger partial charge >= 0.3 is 16.2 Å². The Morgan fingerprint density at radius 2 is 1.90 bits per heavy atom. The van der Waals surface area contributed by atoms with Gasteiger partial charge < -0.3 is 14.4 Å². The third-order valence-electron chi connectivity index (χ3n) is 8.73. The first-order valence-electron chi connectivity index (χ1n) is 13.5. The summed E-state index contributed by atoms with van der Waals surface area (Å²) >= 11 is 0. The molecule has 2 atom stereocenters. The van der Waals surface area contributed by atoms with Gasteiger partial charge in [0, 0.05) is 37.6 Å². The van der Waals surface area contributed by atoms with E-state index in [1.807, 2.05) is 18.2 Å². The number of nitrogens with zero attached hydrogens (tertiary/aromatic N) is 2. The molecule has 2 aromatic rings. The first-order valence-corrected chi connectivity index (χ1v) is 14.9. The van der Waals surface area contributed by atoms with E-state index >= 15 is 0 Å². The standard InChI is InChI=1S/C29H33N3O6S/c1-31(2)39(36,37)30-28(33)26-21-15-32-22(24-18(25(21)26)10-7-11-19(24)29(34)35)14-20-23(38-3)13-12-17(27(20)32)16-8-5-4-6-9-16/h7,10,12-14,16,19,24H,4-6,8-9,11,15H2,1-3H3,(H,30,33)(H,34,35)/t19-,24-/m1/s1. The van der Waals surface area contributed by atoms with Gasteiger partial charge in [-0.1, -0.05) is 37.5 Å². The van der Waals surface area contributed by atoms with Crippen molar-refractivity contribution in [2.75, 3.05) is 21.2 Å². The van der Waals surface area contributed by atoms with E-state index in [2.05, 4.69) is 21.4 Å². The molecule has 9 nitrogen and oxygen atoms in total. The fourth-order valence-corrected chi connectivity index (χ4v) is 7.29. The summed E-state index contributed by atoms with van der Waals surface area (Å²) in [6, 6.07) is 6.21. The molecule has 1 aromatic heterocycles. The van der Waals surface area contributed by atoms with Crippen LogP contribution in [-0.4, -0.2) is 55.5 Å². The molecule has 3 aliphatic carbocycles. The maximum Gasteiger partial charge on any atom is 0.307 e. The number of aromatic nitrogens is 1. The molecule has 206 valence electrons. The number of carboxylic acid groups (broad SMARTS) is 1. The van der Waals surface area contributed by atoms with Crippen LogP contribution in [0, 0.1) is 5.92 Å². The molecule has 10 heteroatoms. The summed E-state index contributed by atoms with van der Waals surface area (Å²) in [5.41, 5.74) is 5.68. The summed E-state index contributed by atoms with van der Waals surface area (Å²) in [7, 11) is 0.374. The van der Waals surface area contributed by atoms with Crippen molar-refractivity contribution in [1.82, 2.24) is 13.6 Å². The van der Waals surface area contributed by atoms with Crippen LogP contribution < -0.4 is 9.46 Å². The van der Waals surface area contributed by atoms with Crippen LogP contribution in [0.25, 0.3) is 10.9 Å². The zero-order valence-electron chi connectivity index (χ0n) is 22.4. The lowest BCUT2D eigenvalue weighted by atomic mass is 9.76. The molecular formula is C29H33N3O6S. The Morgan fingerprint density at radius 3 is 2.56 bits per heavy atom. The minimum absolute atomic E-state index is 0.339. The number of carbonyl (C=O) groups excluding carboxylic acids is 1. The maximum atomic E-state index is 13.2. The van der Waals surface area contributed by atoms with Crippen LogP contribution >= 0.6 is 0 Å². The number of hydrogen-bond donors (Lipinski definition) is 2. The van der Waals surface area contributed by atoms with Gasteiger partial charge in [0.25, 0.3) is 5.91 Å². The van der Waals surface area contributed by atoms with Gasteiger partial charge in [-0.2, -0.15) is 12.7 Å². The topological polar surface area (TPSA) is 118 Å². The van der Waals surface area contributed by atoms with Crippen LogP contribution in [0.2, 0.25) is 0 Å². The SMILES string of the molecule is COc1ccc(C2CCCCC2)c2c1cc1n2CC2=C(C(=O)NS(=O)(=O)N(C)C)C2=C2C=CC[C@@H](C(=O)O)[C@@H]21. The zero-order valence-corrected chi connectivity index (χ0v) is 23.2. The highest BCUT2D eigenvalue weighted by atomic mass is 32.2. The van der Waals surface area contributed by atoms with Gasteiger partial charge in [-0.3, -0.25) is 9.59 Å². The number of hydrogen-bond acceptors (Lipinski definition) is 5. The molecule has 1 fully saturated rings. The molecule has 2 N–H and O–H groups in total. The second-order valence-electron chi connectivity index (χ2n) is 11.1. The Kier molecular flexibility index (Phi) is 6.22. The fraction of sp³-hybridized carbons (Fsp3) is 0.448. The molecule has 4 aliphatic rings. The average Bonchev–Trinajstić information content (AvgIpc) is 3.54. The monoisotopic (exact) mass is 551 g/mol. The summed E-state index contributed by atoms with van der Waals surface area (Å²) < 4.78 is 35.9. The second kappa shape index (κ2) is 9.38. The molecule has 0 spiro atoms. The zero-order chi connectivity index (χ0) is 27.6. The molecule has 1 aliphatic heterocycles. The van der Waals surface area contributed by atoms with Crippen LogP contribution in [0.5, 0.6) is 5.75 Å². The second-order valence-corrected chi connectivity index (χ2v) is 13.0. The number of carbonyl (C=O) groups is 2. The number of benzene rings is 1. The van der Waals surface area contributed by atoms with Gasteiger partial charge in [-0.15, -0.1) is 0 Å². The molecule has 39 heavy (non-hydrogen) atoms. The van der Waals surface area contributed by atoms with E-state index < -0.39 is 33.9 Å². The highest BCUT2D eigenvalue weighted by molar-refractivity contribution is 7.87. The molecule has 0 bridgehead atoms. The minimum atomic E-state index is -3.98. The normalized spacial score (nSPS) is 22.9. The van der Waals surface area contributed by atoms with Crippen LogP contribution in [0.4, 0.5) is 0 Å². The minimum Gasteiger partial charge on any atom is -0.496 e. The quantitative estimate of drug-likeness (QED) is 0.561. The van der Waals surface area contributed by atoms with Crippen molar-refractivity contribution in [2.24, 2.45) is 5.92 Å². The Morgan fingerprint density at radius 1 is 1.15 bits per heavy atom. The van der Waals surface area contributed by atoms with Gasteiger partial charge in [0.2, 0.25) is 0 Å². The van der Waals surface area contributed by atoms with Crippen molar-refractivity contribution in [3.05, 3.63) is 63.9 Å². The molecule has 6 rings (SSSR count). The number of fused-ring (bicyclic) bond motifs is 6. The fourth-order valence-electron chi connectivity index (χ4n) is 6.77. The number of carboxylic acids is 1. The van der Waals surface area contributed by atoms with Crippen molar-refractivity contribution in [3.8, 4) is 5.75 Å². The molecule has 0 unspecified atom stereocenters. The molecule has 1 saturated carbocycles. The summed E-state index contributed by atoms with van der Waals surface area (Å²) in [6.45, 7) is 0.367. The van der Waals surface area contributed by atoms with Crippen LogP contribution in [0.3, 0.4) is 0 Å². The summed E-state index contributed by atoms with van der Waals surface area (Å²) in [5, 5.41) is 11.2. The van der Waals surface area contributed by atoms with Crippen molar-refractivity contribution >= 4 is 33.0 Å². The van der Waals surface area contributed by atoms with E-state index in [1.54, 1.807) is 7.11 Å². The van der Waals surface area contributed by atoms with E-state index in [0.717, 1.165) is 50.6 Å². The highest BCUT2D eigenvalue weighted by Crippen LogP contribution is 2.55. The number of allylic oxidation sites excluding steroid dienone is 4. The predicted octanol–water partition coefficient (Wildman–Crippen LogP) is 3.98. The average molecular weight is 552 g/mol. The summed E-state index contributed by atoms with van der Waals surface area (Å²) in [4.78, 5) is 25.8. The van der Waals surface area contributed by atoms with Crippen LogP contribution in [0.1, 0.15) is 61.6 Å². The molecular weight excluding hydrogens is 518 g/mol. The largest absolute Gasteiger partial charge is 0.496 e. The highest BCUT2D eigenvalue weighted by Gasteiger charge is 2.47. The van der Waals surface area contributed by atoms with E-state index in [-0.39, 0.29) is 0 Å². The van der Waals surface area contributed by atoms with Crippen molar-refractivity contribution in [1.29, 1.82) is 0 Å². The van der Waals surface area contributed by atoms with E-state index in [4.69, 9.17) is 4.74 Å². The summed E-state index contributed by atoms with van der Waals surface area (Å²) in [5.74, 6) is -1.65. The Bertz CT molecular complexity index is 1600. The first kappa shape index (κ1) is 25.9. The summed E-state index contributed by atoms with van der Waals surface area (Å²) in [6.07, 6.45) is 9.89. The number of methoxy groups -OCH3 is 1. The predicted molar refractivity (Wildman–Crippen MR) is 147 cm³/mol. The van der Waals surface area contributed by atoms with Gasteiger partial charge in [0.05, 0.1) is 24.1 Å². The van der Waals surface area contributed by atoms with Crippen LogP contribution in [-0.2, 0) is 26.3 Å². The van der Waals surface area contributed by atoms with Gasteiger partial charge in [-0.05, 0) is 59.6 Å². The molecule has 0 saturated heterocycles. The molecule has 1 amide bonds. The maximum absolute atomic E-state index is 13.2.